The average molecular weight is 428 g/mol. The molecular formula is C22H37NO7. The first-order chi connectivity index (χ1) is 14.1. The number of rotatable bonds is 13. The lowest BCUT2D eigenvalue weighted by molar-refractivity contribution is -0.178. The highest BCUT2D eigenvalue weighted by atomic mass is 16.6. The molecule has 30 heavy (non-hydrogen) atoms. The zero-order valence-electron chi connectivity index (χ0n) is 19.1. The molecule has 1 saturated heterocycles. The number of Topliss-reactive ketones (excluding diaryl/α,β-unsaturated/α-hetero) is 2. The fourth-order valence-electron chi connectivity index (χ4n) is 3.20. The van der Waals surface area contributed by atoms with Crippen LogP contribution in [0, 0.1) is 0 Å². The van der Waals surface area contributed by atoms with E-state index in [0.717, 1.165) is 30.6 Å². The van der Waals surface area contributed by atoms with E-state index in [1.165, 1.54) is 27.0 Å². The maximum absolute atomic E-state index is 12.7. The number of hydrogen-bond donors (Lipinski definition) is 1. The Morgan fingerprint density at radius 1 is 1.07 bits per heavy atom. The minimum Gasteiger partial charge on any atom is -0.386 e. The molecule has 1 rings (SSSR count). The predicted octanol–water partition coefficient (Wildman–Crippen LogP) is 2.37. The molecule has 1 aliphatic heterocycles. The first-order valence-electron chi connectivity index (χ1n) is 10.7. The number of ketones is 2. The van der Waals surface area contributed by atoms with Crippen molar-refractivity contribution in [2.45, 2.75) is 91.3 Å². The molecule has 0 aromatic rings. The molecule has 0 aliphatic carbocycles. The van der Waals surface area contributed by atoms with Gasteiger partial charge in [-0.2, -0.15) is 0 Å². The average Bonchev–Trinajstić information content (AvgIpc) is 2.96. The van der Waals surface area contributed by atoms with Crippen LogP contribution in [0.15, 0.2) is 11.8 Å². The molecule has 0 aromatic heterocycles. The summed E-state index contributed by atoms with van der Waals surface area (Å²) < 4.78 is 17.7. The molecule has 0 spiro atoms. The third kappa shape index (κ3) is 6.44. The molecular weight excluding hydrogens is 390 g/mol. The summed E-state index contributed by atoms with van der Waals surface area (Å²) in [6.07, 6.45) is 1.26. The van der Waals surface area contributed by atoms with Gasteiger partial charge in [-0.25, -0.2) is 0 Å². The van der Waals surface area contributed by atoms with E-state index in [2.05, 4.69) is 0 Å². The van der Waals surface area contributed by atoms with Crippen LogP contribution in [0.4, 0.5) is 0 Å². The van der Waals surface area contributed by atoms with Gasteiger partial charge in [-0.1, -0.05) is 26.7 Å². The molecule has 8 heteroatoms. The third-order valence-electron chi connectivity index (χ3n) is 5.27. The number of nitrogens with zero attached hydrogens (tertiary/aromatic N) is 1. The minimum absolute atomic E-state index is 0.0894. The van der Waals surface area contributed by atoms with E-state index in [-0.39, 0.29) is 18.2 Å². The highest BCUT2D eigenvalue weighted by Crippen LogP contribution is 2.37. The fraction of sp³-hybridized carbons (Fsp3) is 0.773. The molecule has 1 unspecified atom stereocenters. The largest absolute Gasteiger partial charge is 0.386 e. The molecule has 1 N–H and O–H groups in total. The van der Waals surface area contributed by atoms with Crippen molar-refractivity contribution >= 4 is 17.5 Å². The normalized spacial score (nSPS) is 26.6. The second kappa shape index (κ2) is 12.3. The molecule has 1 amide bonds. The number of allylic oxidation sites excluding steroid dienone is 1. The number of aliphatic hydroxyl groups is 1. The van der Waals surface area contributed by atoms with E-state index in [1.807, 2.05) is 13.8 Å². The first kappa shape index (κ1) is 26.4. The summed E-state index contributed by atoms with van der Waals surface area (Å²) in [6, 6.07) is 0. The molecule has 0 saturated carbocycles. The van der Waals surface area contributed by atoms with Gasteiger partial charge in [0.25, 0.3) is 0 Å². The van der Waals surface area contributed by atoms with E-state index < -0.39 is 29.9 Å². The maximum Gasteiger partial charge on any atom is 0.225 e. The van der Waals surface area contributed by atoms with E-state index in [4.69, 9.17) is 14.2 Å². The van der Waals surface area contributed by atoms with Gasteiger partial charge in [0.2, 0.25) is 5.91 Å². The zero-order valence-corrected chi connectivity index (χ0v) is 19.1. The summed E-state index contributed by atoms with van der Waals surface area (Å²) in [4.78, 5) is 37.8. The van der Waals surface area contributed by atoms with Crippen LogP contribution in [0.3, 0.4) is 0 Å². The Kier molecular flexibility index (Phi) is 10.8. The Balaban J connectivity index is 3.29. The van der Waals surface area contributed by atoms with Crippen molar-refractivity contribution in [1.82, 2.24) is 4.90 Å². The zero-order chi connectivity index (χ0) is 22.9. The van der Waals surface area contributed by atoms with E-state index in [9.17, 15) is 19.5 Å². The Morgan fingerprint density at radius 3 is 2.17 bits per heavy atom. The Bertz CT molecular complexity index is 633. The summed E-state index contributed by atoms with van der Waals surface area (Å²) in [5.41, 5.74) is -1.22. The quantitative estimate of drug-likeness (QED) is 0.356. The first-order valence-corrected chi connectivity index (χ1v) is 10.7. The van der Waals surface area contributed by atoms with Gasteiger partial charge in [-0.15, -0.1) is 0 Å². The van der Waals surface area contributed by atoms with Crippen LogP contribution >= 0.6 is 0 Å². The van der Waals surface area contributed by atoms with Gasteiger partial charge >= 0.3 is 0 Å². The van der Waals surface area contributed by atoms with Crippen molar-refractivity contribution in [3.63, 3.8) is 0 Å². The Morgan fingerprint density at radius 2 is 1.67 bits per heavy atom. The molecule has 1 fully saturated rings. The van der Waals surface area contributed by atoms with Crippen LogP contribution in [0.2, 0.25) is 0 Å². The number of amides is 1. The van der Waals surface area contributed by atoms with E-state index in [1.54, 1.807) is 6.92 Å². The summed E-state index contributed by atoms with van der Waals surface area (Å²) in [5, 5.41) is 11.0. The molecule has 0 bridgehead atoms. The van der Waals surface area contributed by atoms with Gasteiger partial charge in [-0.05, 0) is 33.6 Å². The molecule has 1 heterocycles. The van der Waals surface area contributed by atoms with Gasteiger partial charge in [0, 0.05) is 31.9 Å². The lowest BCUT2D eigenvalue weighted by Gasteiger charge is -2.32. The SMILES string of the molecule is CCCCOC[C@@]1(C(C)=O)O[C@@H](N(/C=C(/C)C(C)=O)C(C)=O)[C@@H](O)C1OCCCC. The van der Waals surface area contributed by atoms with Crippen LogP contribution < -0.4 is 0 Å². The van der Waals surface area contributed by atoms with Crippen molar-refractivity contribution < 1.29 is 33.7 Å². The molecule has 172 valence electrons. The van der Waals surface area contributed by atoms with Gasteiger partial charge in [0.05, 0.1) is 6.61 Å². The lowest BCUT2D eigenvalue weighted by Crippen LogP contribution is -2.53. The fourth-order valence-corrected chi connectivity index (χ4v) is 3.20. The van der Waals surface area contributed by atoms with Crippen LogP contribution in [0.5, 0.6) is 0 Å². The summed E-state index contributed by atoms with van der Waals surface area (Å²) in [7, 11) is 0. The highest BCUT2D eigenvalue weighted by Gasteiger charge is 2.60. The molecule has 4 atom stereocenters. The monoisotopic (exact) mass is 427 g/mol. The molecule has 8 nitrogen and oxygen atoms in total. The minimum atomic E-state index is -1.54. The molecule has 0 aromatic carbocycles. The topological polar surface area (TPSA) is 102 Å². The predicted molar refractivity (Wildman–Crippen MR) is 112 cm³/mol. The van der Waals surface area contributed by atoms with Crippen molar-refractivity contribution in [1.29, 1.82) is 0 Å². The second-order valence-electron chi connectivity index (χ2n) is 7.79. The number of carbonyl (C=O) groups is 3. The summed E-state index contributed by atoms with van der Waals surface area (Å²) in [6.45, 7) is 10.3. The third-order valence-corrected chi connectivity index (χ3v) is 5.27. The maximum atomic E-state index is 12.7. The number of unbranched alkanes of at least 4 members (excludes halogenated alkanes) is 2. The Labute approximate surface area is 179 Å². The smallest absolute Gasteiger partial charge is 0.225 e. The number of ether oxygens (including phenoxy) is 3. The standard InChI is InChI=1S/C22H37NO7/c1-7-9-11-28-14-22(17(5)25)20(29-12-10-8-2)19(27)21(30-22)23(18(6)26)13-15(3)16(4)24/h13,19-21,27H,7-12,14H2,1-6H3/b15-13-/t19-,20?,21+,22-/m0/s1. The molecule has 1 aliphatic rings. The summed E-state index contributed by atoms with van der Waals surface area (Å²) in [5.74, 6) is -0.999. The number of aliphatic hydroxyl groups excluding tert-OH is 1. The van der Waals surface area contributed by atoms with Crippen molar-refractivity contribution in [2.75, 3.05) is 19.8 Å². The van der Waals surface area contributed by atoms with Crippen LogP contribution in [-0.2, 0) is 28.6 Å². The van der Waals surface area contributed by atoms with Crippen molar-refractivity contribution in [3.05, 3.63) is 11.8 Å². The van der Waals surface area contributed by atoms with Crippen molar-refractivity contribution in [3.8, 4) is 0 Å². The van der Waals surface area contributed by atoms with Crippen LogP contribution in [0.25, 0.3) is 0 Å². The van der Waals surface area contributed by atoms with Gasteiger partial charge < -0.3 is 19.3 Å². The van der Waals surface area contributed by atoms with E-state index >= 15 is 0 Å². The summed E-state index contributed by atoms with van der Waals surface area (Å²) >= 11 is 0. The number of hydrogen-bond acceptors (Lipinski definition) is 7. The Hall–Kier alpha value is -1.61. The second-order valence-corrected chi connectivity index (χ2v) is 7.79. The van der Waals surface area contributed by atoms with Crippen molar-refractivity contribution in [2.24, 2.45) is 0 Å². The lowest BCUT2D eigenvalue weighted by atomic mass is 9.91. The van der Waals surface area contributed by atoms with Gasteiger partial charge in [0.15, 0.2) is 23.4 Å². The molecule has 0 radical (unpaired) electrons. The van der Waals surface area contributed by atoms with E-state index in [0.29, 0.717) is 18.8 Å². The van der Waals surface area contributed by atoms with Gasteiger partial charge in [0.1, 0.15) is 12.2 Å². The van der Waals surface area contributed by atoms with Crippen LogP contribution in [-0.4, -0.2) is 71.3 Å². The van der Waals surface area contributed by atoms with Crippen LogP contribution in [0.1, 0.15) is 67.2 Å². The van der Waals surface area contributed by atoms with Gasteiger partial charge in [-0.3, -0.25) is 19.3 Å². The highest BCUT2D eigenvalue weighted by molar-refractivity contribution is 5.93. The number of carbonyl (C=O) groups excluding carboxylic acids is 3.